The van der Waals surface area contributed by atoms with Crippen LogP contribution in [-0.4, -0.2) is 44.4 Å². The van der Waals surface area contributed by atoms with Gasteiger partial charge in [-0.1, -0.05) is 13.8 Å². The Morgan fingerprint density at radius 2 is 1.85 bits per heavy atom. The first-order chi connectivity index (χ1) is 6.18. The van der Waals surface area contributed by atoms with Crippen molar-refractivity contribution in [3.63, 3.8) is 0 Å². The summed E-state index contributed by atoms with van der Waals surface area (Å²) in [5, 5.41) is 0. The van der Waals surface area contributed by atoms with E-state index in [0.29, 0.717) is 0 Å². The topological polar surface area (TPSA) is 9.23 Å². The molecule has 0 amide bonds. The third-order valence-corrected chi connectivity index (χ3v) is 3.04. The Hall–Kier alpha value is -0.0800. The Morgan fingerprint density at radius 1 is 1.23 bits per heavy atom. The minimum atomic E-state index is 0.815. The molecule has 0 aromatic rings. The molecular weight excluding hydrogens is 162 g/mol. The van der Waals surface area contributed by atoms with E-state index in [2.05, 4.69) is 13.8 Å². The van der Waals surface area contributed by atoms with Crippen LogP contribution in [-0.2, 0) is 4.74 Å². The van der Waals surface area contributed by atoms with Crippen molar-refractivity contribution in [2.24, 2.45) is 5.92 Å². The van der Waals surface area contributed by atoms with Crippen LogP contribution in [0.2, 0.25) is 0 Å². The predicted molar refractivity (Wildman–Crippen MR) is 55.7 cm³/mol. The summed E-state index contributed by atoms with van der Waals surface area (Å²) >= 11 is 0. The van der Waals surface area contributed by atoms with Gasteiger partial charge < -0.3 is 9.22 Å². The van der Waals surface area contributed by atoms with E-state index in [0.717, 1.165) is 12.5 Å². The number of likely N-dealkylation sites (tertiary alicyclic amines) is 1. The minimum Gasteiger partial charge on any atom is -0.379 e. The van der Waals surface area contributed by atoms with Crippen LogP contribution in [0, 0.1) is 5.92 Å². The van der Waals surface area contributed by atoms with Crippen LogP contribution in [0.5, 0.6) is 0 Å². The SMILES string of the molecule is COCC[N+]1(CC(C)C)CCCC1. The van der Waals surface area contributed by atoms with E-state index >= 15 is 0 Å². The first kappa shape index (κ1) is 11.0. The zero-order valence-corrected chi connectivity index (χ0v) is 9.38. The van der Waals surface area contributed by atoms with E-state index < -0.39 is 0 Å². The highest BCUT2D eigenvalue weighted by atomic mass is 16.5. The highest BCUT2D eigenvalue weighted by Crippen LogP contribution is 2.21. The van der Waals surface area contributed by atoms with Crippen LogP contribution in [0.25, 0.3) is 0 Å². The summed E-state index contributed by atoms with van der Waals surface area (Å²) < 4.78 is 6.51. The summed E-state index contributed by atoms with van der Waals surface area (Å²) in [6.07, 6.45) is 2.83. The van der Waals surface area contributed by atoms with E-state index in [1.54, 1.807) is 0 Å². The Kier molecular flexibility index (Phi) is 4.20. The molecule has 1 aliphatic rings. The molecule has 0 aromatic carbocycles. The molecule has 1 fully saturated rings. The van der Waals surface area contributed by atoms with Crippen LogP contribution >= 0.6 is 0 Å². The minimum absolute atomic E-state index is 0.815. The average molecular weight is 186 g/mol. The second kappa shape index (κ2) is 4.97. The molecular formula is C11H24NO+. The molecule has 0 aliphatic carbocycles. The van der Waals surface area contributed by atoms with Crippen molar-refractivity contribution in [3.8, 4) is 0 Å². The lowest BCUT2D eigenvalue weighted by molar-refractivity contribution is -0.919. The molecule has 1 rings (SSSR count). The van der Waals surface area contributed by atoms with Gasteiger partial charge in [0.1, 0.15) is 6.54 Å². The number of ether oxygens (including phenoxy) is 1. The molecule has 2 nitrogen and oxygen atoms in total. The molecule has 0 aromatic heterocycles. The molecule has 1 heterocycles. The molecule has 2 heteroatoms. The van der Waals surface area contributed by atoms with E-state index in [9.17, 15) is 0 Å². The summed E-state index contributed by atoms with van der Waals surface area (Å²) in [5.41, 5.74) is 0. The van der Waals surface area contributed by atoms with Crippen LogP contribution in [0.4, 0.5) is 0 Å². The van der Waals surface area contributed by atoms with Crippen molar-refractivity contribution in [1.82, 2.24) is 0 Å². The molecule has 0 bridgehead atoms. The first-order valence-corrected chi connectivity index (χ1v) is 5.52. The largest absolute Gasteiger partial charge is 0.379 e. The van der Waals surface area contributed by atoms with Gasteiger partial charge in [-0.15, -0.1) is 0 Å². The second-order valence-electron chi connectivity index (χ2n) is 4.79. The summed E-state index contributed by atoms with van der Waals surface area (Å²) in [4.78, 5) is 0. The zero-order valence-electron chi connectivity index (χ0n) is 9.38. The molecule has 0 radical (unpaired) electrons. The number of methoxy groups -OCH3 is 1. The lowest BCUT2D eigenvalue weighted by Crippen LogP contribution is -2.49. The second-order valence-corrected chi connectivity index (χ2v) is 4.79. The predicted octanol–water partition coefficient (Wildman–Crippen LogP) is 1.90. The van der Waals surface area contributed by atoms with Crippen molar-refractivity contribution in [2.45, 2.75) is 26.7 Å². The van der Waals surface area contributed by atoms with Crippen molar-refractivity contribution < 1.29 is 9.22 Å². The van der Waals surface area contributed by atoms with Crippen LogP contribution < -0.4 is 0 Å². The zero-order chi connectivity index (χ0) is 9.73. The highest BCUT2D eigenvalue weighted by Gasteiger charge is 2.31. The third-order valence-electron chi connectivity index (χ3n) is 3.04. The average Bonchev–Trinajstić information content (AvgIpc) is 2.49. The van der Waals surface area contributed by atoms with Crippen molar-refractivity contribution in [2.75, 3.05) is 39.9 Å². The fraction of sp³-hybridized carbons (Fsp3) is 1.00. The Balaban J connectivity index is 2.42. The highest BCUT2D eigenvalue weighted by molar-refractivity contribution is 4.57. The fourth-order valence-corrected chi connectivity index (χ4v) is 2.56. The van der Waals surface area contributed by atoms with Gasteiger partial charge in [0.15, 0.2) is 0 Å². The van der Waals surface area contributed by atoms with Gasteiger partial charge in [-0.25, -0.2) is 0 Å². The van der Waals surface area contributed by atoms with Crippen LogP contribution in [0.15, 0.2) is 0 Å². The van der Waals surface area contributed by atoms with Gasteiger partial charge in [0, 0.05) is 25.9 Å². The maximum atomic E-state index is 5.19. The quantitative estimate of drug-likeness (QED) is 0.596. The standard InChI is InChI=1S/C11H24NO/c1-11(2)10-12(8-9-13-3)6-4-5-7-12/h11H,4-10H2,1-3H3/q+1. The van der Waals surface area contributed by atoms with Crippen molar-refractivity contribution in [1.29, 1.82) is 0 Å². The maximum Gasteiger partial charge on any atom is 0.102 e. The van der Waals surface area contributed by atoms with E-state index in [1.165, 1.54) is 43.5 Å². The summed E-state index contributed by atoms with van der Waals surface area (Å²) in [6.45, 7) is 10.9. The summed E-state index contributed by atoms with van der Waals surface area (Å²) in [5.74, 6) is 0.815. The van der Waals surface area contributed by atoms with Crippen molar-refractivity contribution in [3.05, 3.63) is 0 Å². The Labute approximate surface area is 82.5 Å². The number of rotatable bonds is 5. The number of hydrogen-bond donors (Lipinski definition) is 0. The van der Waals surface area contributed by atoms with E-state index in [4.69, 9.17) is 4.74 Å². The fourth-order valence-electron chi connectivity index (χ4n) is 2.56. The lowest BCUT2D eigenvalue weighted by atomic mass is 10.2. The lowest BCUT2D eigenvalue weighted by Gasteiger charge is -2.35. The smallest absolute Gasteiger partial charge is 0.102 e. The molecule has 0 N–H and O–H groups in total. The molecule has 0 unspecified atom stereocenters. The molecule has 1 aliphatic heterocycles. The van der Waals surface area contributed by atoms with E-state index in [-0.39, 0.29) is 0 Å². The summed E-state index contributed by atoms with van der Waals surface area (Å²) in [7, 11) is 1.81. The molecule has 78 valence electrons. The van der Waals surface area contributed by atoms with Gasteiger partial charge in [0.05, 0.1) is 26.2 Å². The molecule has 0 atom stereocenters. The van der Waals surface area contributed by atoms with Crippen molar-refractivity contribution >= 4 is 0 Å². The number of quaternary nitrogens is 1. The Morgan fingerprint density at radius 3 is 2.31 bits per heavy atom. The summed E-state index contributed by atoms with van der Waals surface area (Å²) in [6, 6.07) is 0. The number of nitrogens with zero attached hydrogens (tertiary/aromatic N) is 1. The van der Waals surface area contributed by atoms with Gasteiger partial charge in [-0.3, -0.25) is 0 Å². The van der Waals surface area contributed by atoms with Crippen LogP contribution in [0.3, 0.4) is 0 Å². The molecule has 0 spiro atoms. The van der Waals surface area contributed by atoms with Gasteiger partial charge in [0.25, 0.3) is 0 Å². The molecule has 13 heavy (non-hydrogen) atoms. The van der Waals surface area contributed by atoms with Gasteiger partial charge in [0.2, 0.25) is 0 Å². The molecule has 0 saturated carbocycles. The Bertz CT molecular complexity index is 139. The normalized spacial score (nSPS) is 21.2. The monoisotopic (exact) mass is 186 g/mol. The third kappa shape index (κ3) is 3.28. The van der Waals surface area contributed by atoms with Gasteiger partial charge >= 0.3 is 0 Å². The first-order valence-electron chi connectivity index (χ1n) is 5.52. The van der Waals surface area contributed by atoms with Gasteiger partial charge in [-0.2, -0.15) is 0 Å². The van der Waals surface area contributed by atoms with E-state index in [1.807, 2.05) is 7.11 Å². The number of hydrogen-bond acceptors (Lipinski definition) is 1. The van der Waals surface area contributed by atoms with Gasteiger partial charge in [-0.05, 0) is 0 Å². The van der Waals surface area contributed by atoms with Crippen LogP contribution in [0.1, 0.15) is 26.7 Å². The molecule has 1 saturated heterocycles. The maximum absolute atomic E-state index is 5.19.